The molecule has 1 aliphatic heterocycles. The summed E-state index contributed by atoms with van der Waals surface area (Å²) in [6, 6.07) is 6.83. The normalized spacial score (nSPS) is 19.9. The molecule has 0 bridgehead atoms. The van der Waals surface area contributed by atoms with Gasteiger partial charge in [0, 0.05) is 35.7 Å². The average molecular weight is 493 g/mol. The van der Waals surface area contributed by atoms with Crippen molar-refractivity contribution in [2.24, 2.45) is 0 Å². The second-order valence-corrected chi connectivity index (χ2v) is 10.8. The zero-order valence-electron chi connectivity index (χ0n) is 22.0. The van der Waals surface area contributed by atoms with Gasteiger partial charge in [0.25, 0.3) is 5.56 Å². The fourth-order valence-corrected chi connectivity index (χ4v) is 6.21. The maximum atomic E-state index is 13.3. The number of ether oxygens (including phenoxy) is 1. The van der Waals surface area contributed by atoms with E-state index in [4.69, 9.17) is 4.74 Å². The highest BCUT2D eigenvalue weighted by atomic mass is 16.5. The molecule has 1 N–H and O–H groups in total. The van der Waals surface area contributed by atoms with Crippen molar-refractivity contribution in [3.05, 3.63) is 51.1 Å². The van der Waals surface area contributed by atoms with Gasteiger partial charge in [0.05, 0.1) is 18.7 Å². The standard InChI is InChI=1S/C28H40N6O2/c1-4-9-26(27-30-31-32-34(27)18-23-12-8-13-36-23)33(22-10-6-5-7-11-22)17-21-16-24-20(3)14-19(2)15-25(24)29-28(21)35/h14-16,22-23,26H,4-13,17-18H2,1-3H3,(H,29,35)/t23-,26+/m1/s1. The fraction of sp³-hybridized carbons (Fsp3) is 0.643. The molecule has 36 heavy (non-hydrogen) atoms. The summed E-state index contributed by atoms with van der Waals surface area (Å²) in [4.78, 5) is 19.0. The first kappa shape index (κ1) is 25.1. The van der Waals surface area contributed by atoms with Crippen molar-refractivity contribution in [2.45, 2.75) is 110 Å². The van der Waals surface area contributed by atoms with Gasteiger partial charge in [0.15, 0.2) is 5.82 Å². The first-order valence-electron chi connectivity index (χ1n) is 13.8. The summed E-state index contributed by atoms with van der Waals surface area (Å²) in [5, 5.41) is 14.1. The number of aromatic nitrogens is 5. The first-order valence-corrected chi connectivity index (χ1v) is 13.8. The van der Waals surface area contributed by atoms with E-state index in [0.29, 0.717) is 19.1 Å². The van der Waals surface area contributed by atoms with Crippen LogP contribution in [0.2, 0.25) is 0 Å². The minimum atomic E-state index is 0.00232. The van der Waals surface area contributed by atoms with E-state index in [1.807, 2.05) is 4.68 Å². The minimum absolute atomic E-state index is 0.00232. The van der Waals surface area contributed by atoms with Gasteiger partial charge in [-0.2, -0.15) is 0 Å². The van der Waals surface area contributed by atoms with Gasteiger partial charge in [0.2, 0.25) is 0 Å². The van der Waals surface area contributed by atoms with Crippen LogP contribution in [0.5, 0.6) is 0 Å². The van der Waals surface area contributed by atoms with Crippen LogP contribution in [0.3, 0.4) is 0 Å². The zero-order chi connectivity index (χ0) is 25.1. The number of rotatable bonds is 9. The third-order valence-electron chi connectivity index (χ3n) is 8.01. The van der Waals surface area contributed by atoms with E-state index >= 15 is 0 Å². The molecule has 3 heterocycles. The molecule has 2 aromatic heterocycles. The quantitative estimate of drug-likeness (QED) is 0.453. The maximum absolute atomic E-state index is 13.3. The number of hydrogen-bond donors (Lipinski definition) is 1. The molecule has 0 unspecified atom stereocenters. The Bertz CT molecular complexity index is 1220. The number of pyridine rings is 1. The maximum Gasteiger partial charge on any atom is 0.252 e. The van der Waals surface area contributed by atoms with Gasteiger partial charge in [-0.15, -0.1) is 5.10 Å². The third-order valence-corrected chi connectivity index (χ3v) is 8.01. The molecular weight excluding hydrogens is 452 g/mol. The Balaban J connectivity index is 1.52. The lowest BCUT2D eigenvalue weighted by Crippen LogP contribution is -2.41. The lowest BCUT2D eigenvalue weighted by molar-refractivity contribution is 0.0713. The summed E-state index contributed by atoms with van der Waals surface area (Å²) in [6.07, 6.45) is 10.3. The van der Waals surface area contributed by atoms with Gasteiger partial charge < -0.3 is 9.72 Å². The molecule has 0 spiro atoms. The number of benzene rings is 1. The highest BCUT2D eigenvalue weighted by Gasteiger charge is 2.33. The van der Waals surface area contributed by atoms with Crippen LogP contribution < -0.4 is 5.56 Å². The van der Waals surface area contributed by atoms with Gasteiger partial charge >= 0.3 is 0 Å². The Kier molecular flexibility index (Phi) is 7.82. The summed E-state index contributed by atoms with van der Waals surface area (Å²) >= 11 is 0. The van der Waals surface area contributed by atoms with Crippen LogP contribution in [0.25, 0.3) is 10.9 Å². The second-order valence-electron chi connectivity index (χ2n) is 10.8. The van der Waals surface area contributed by atoms with Crippen molar-refractivity contribution in [1.29, 1.82) is 0 Å². The van der Waals surface area contributed by atoms with Crippen LogP contribution in [-0.4, -0.2) is 48.8 Å². The predicted molar refractivity (Wildman–Crippen MR) is 141 cm³/mol. The summed E-state index contributed by atoms with van der Waals surface area (Å²) < 4.78 is 7.86. The average Bonchev–Trinajstić information content (AvgIpc) is 3.55. The Hall–Kier alpha value is -2.58. The van der Waals surface area contributed by atoms with Crippen LogP contribution in [0.15, 0.2) is 23.0 Å². The molecule has 1 aromatic carbocycles. The molecule has 2 aliphatic rings. The first-order chi connectivity index (χ1) is 17.5. The lowest BCUT2D eigenvalue weighted by atomic mass is 9.91. The fourth-order valence-electron chi connectivity index (χ4n) is 6.21. The molecule has 0 radical (unpaired) electrons. The van der Waals surface area contributed by atoms with E-state index in [-0.39, 0.29) is 17.7 Å². The lowest BCUT2D eigenvalue weighted by Gasteiger charge is -2.39. The molecule has 3 aromatic rings. The smallest absolute Gasteiger partial charge is 0.252 e. The molecule has 2 fully saturated rings. The van der Waals surface area contributed by atoms with Gasteiger partial charge in [-0.3, -0.25) is 9.69 Å². The van der Waals surface area contributed by atoms with Crippen LogP contribution in [0.4, 0.5) is 0 Å². The van der Waals surface area contributed by atoms with Crippen molar-refractivity contribution in [2.75, 3.05) is 6.61 Å². The van der Waals surface area contributed by atoms with Crippen LogP contribution in [0.1, 0.15) is 93.3 Å². The van der Waals surface area contributed by atoms with Crippen LogP contribution >= 0.6 is 0 Å². The number of nitrogens with one attached hydrogen (secondary N) is 1. The zero-order valence-corrected chi connectivity index (χ0v) is 22.0. The van der Waals surface area contributed by atoms with Gasteiger partial charge in [-0.25, -0.2) is 4.68 Å². The predicted octanol–water partition coefficient (Wildman–Crippen LogP) is 4.99. The Morgan fingerprint density at radius 1 is 1.14 bits per heavy atom. The largest absolute Gasteiger partial charge is 0.376 e. The number of tetrazole rings is 1. The van der Waals surface area contributed by atoms with E-state index in [1.54, 1.807) is 0 Å². The highest BCUT2D eigenvalue weighted by molar-refractivity contribution is 5.83. The number of H-pyrrole nitrogens is 1. The van der Waals surface area contributed by atoms with Crippen molar-refractivity contribution >= 4 is 10.9 Å². The van der Waals surface area contributed by atoms with E-state index in [1.165, 1.54) is 24.8 Å². The number of fused-ring (bicyclic) bond motifs is 1. The van der Waals surface area contributed by atoms with Crippen LogP contribution in [-0.2, 0) is 17.8 Å². The number of nitrogens with zero attached hydrogens (tertiary/aromatic N) is 5. The number of aromatic amines is 1. The second kappa shape index (κ2) is 11.2. The SMILES string of the molecule is CCC[C@@H](c1nnnn1C[C@H]1CCCO1)N(Cc1cc2c(C)cc(C)cc2[nH]c1=O)C1CCCCC1. The topological polar surface area (TPSA) is 88.9 Å². The van der Waals surface area contributed by atoms with Crippen molar-refractivity contribution in [3.63, 3.8) is 0 Å². The molecule has 194 valence electrons. The Labute approximate surface area is 213 Å². The monoisotopic (exact) mass is 492 g/mol. The minimum Gasteiger partial charge on any atom is -0.376 e. The summed E-state index contributed by atoms with van der Waals surface area (Å²) in [5.41, 5.74) is 4.09. The van der Waals surface area contributed by atoms with Gasteiger partial charge in [-0.1, -0.05) is 38.7 Å². The highest BCUT2D eigenvalue weighted by Crippen LogP contribution is 2.34. The summed E-state index contributed by atoms with van der Waals surface area (Å²) in [6.45, 7) is 8.51. The van der Waals surface area contributed by atoms with Crippen molar-refractivity contribution in [1.82, 2.24) is 30.1 Å². The molecular formula is C28H40N6O2. The molecule has 5 rings (SSSR count). The Morgan fingerprint density at radius 2 is 1.97 bits per heavy atom. The molecule has 1 aliphatic carbocycles. The number of aryl methyl sites for hydroxylation is 2. The summed E-state index contributed by atoms with van der Waals surface area (Å²) in [7, 11) is 0. The Morgan fingerprint density at radius 3 is 2.72 bits per heavy atom. The van der Waals surface area contributed by atoms with Crippen molar-refractivity contribution < 1.29 is 4.74 Å². The van der Waals surface area contributed by atoms with E-state index in [9.17, 15) is 4.79 Å². The van der Waals surface area contributed by atoms with E-state index in [0.717, 1.165) is 73.0 Å². The van der Waals surface area contributed by atoms with Gasteiger partial charge in [-0.05, 0) is 79.6 Å². The summed E-state index contributed by atoms with van der Waals surface area (Å²) in [5.74, 6) is 0.905. The molecule has 8 heteroatoms. The van der Waals surface area contributed by atoms with Crippen LogP contribution in [0, 0.1) is 13.8 Å². The van der Waals surface area contributed by atoms with Gasteiger partial charge in [0.1, 0.15) is 0 Å². The molecule has 1 saturated heterocycles. The van der Waals surface area contributed by atoms with Crippen molar-refractivity contribution in [3.8, 4) is 0 Å². The molecule has 0 amide bonds. The molecule has 2 atom stereocenters. The number of hydrogen-bond acceptors (Lipinski definition) is 6. The van der Waals surface area contributed by atoms with E-state index in [2.05, 4.69) is 64.4 Å². The van der Waals surface area contributed by atoms with E-state index < -0.39 is 0 Å². The molecule has 1 saturated carbocycles. The molecule has 8 nitrogen and oxygen atoms in total. The third kappa shape index (κ3) is 5.39.